The van der Waals surface area contributed by atoms with Gasteiger partial charge in [-0.15, -0.1) is 0 Å². The van der Waals surface area contributed by atoms with Crippen LogP contribution < -0.4 is 4.74 Å². The molecule has 6 heteroatoms. The molecule has 5 nitrogen and oxygen atoms in total. The third kappa shape index (κ3) is 3.17. The number of hydrogen-bond donors (Lipinski definition) is 0. The Bertz CT molecular complexity index is 418. The van der Waals surface area contributed by atoms with E-state index in [2.05, 4.69) is 15.9 Å². The first kappa shape index (κ1) is 12.3. The first-order valence-corrected chi connectivity index (χ1v) is 6.14. The van der Waals surface area contributed by atoms with Gasteiger partial charge >= 0.3 is 5.69 Å². The second-order valence-electron chi connectivity index (χ2n) is 3.80. The molecule has 1 saturated heterocycles. The minimum absolute atomic E-state index is 0.000285. The van der Waals surface area contributed by atoms with E-state index in [4.69, 9.17) is 9.47 Å². The maximum Gasteiger partial charge on any atom is 0.311 e. The van der Waals surface area contributed by atoms with Crippen molar-refractivity contribution in [2.75, 3.05) is 13.2 Å². The molecule has 0 aliphatic carbocycles. The lowest BCUT2D eigenvalue weighted by Gasteiger charge is -2.23. The lowest BCUT2D eigenvalue weighted by Crippen LogP contribution is -2.26. The van der Waals surface area contributed by atoms with Gasteiger partial charge in [0, 0.05) is 29.4 Å². The number of rotatable bonds is 3. The normalized spacial score (nSPS) is 16.8. The number of nitrogens with zero attached hydrogens (tertiary/aromatic N) is 1. The predicted octanol–water partition coefficient (Wildman–Crippen LogP) is 2.92. The molecule has 0 N–H and O–H groups in total. The summed E-state index contributed by atoms with van der Waals surface area (Å²) >= 11 is 3.28. The topological polar surface area (TPSA) is 61.6 Å². The van der Waals surface area contributed by atoms with Crippen LogP contribution in [0, 0.1) is 10.1 Å². The number of hydrogen-bond acceptors (Lipinski definition) is 4. The molecule has 0 spiro atoms. The summed E-state index contributed by atoms with van der Waals surface area (Å²) in [4.78, 5) is 10.4. The molecule has 1 fully saturated rings. The SMILES string of the molecule is O=[N+]([O-])c1ccc(Br)cc1OC1CCOCC1. The fourth-order valence-corrected chi connectivity index (χ4v) is 2.05. The van der Waals surface area contributed by atoms with Crippen LogP contribution in [-0.4, -0.2) is 24.2 Å². The van der Waals surface area contributed by atoms with Gasteiger partial charge in [-0.05, 0) is 6.07 Å². The largest absolute Gasteiger partial charge is 0.483 e. The van der Waals surface area contributed by atoms with Crippen LogP contribution >= 0.6 is 15.9 Å². The van der Waals surface area contributed by atoms with Crippen LogP contribution in [0.2, 0.25) is 0 Å². The summed E-state index contributed by atoms with van der Waals surface area (Å²) in [6.07, 6.45) is 1.53. The number of nitro groups is 1. The Balaban J connectivity index is 2.17. The average molecular weight is 302 g/mol. The maximum atomic E-state index is 10.9. The molecule has 1 aliphatic rings. The average Bonchev–Trinajstić information content (AvgIpc) is 2.30. The smallest absolute Gasteiger partial charge is 0.311 e. The lowest BCUT2D eigenvalue weighted by molar-refractivity contribution is -0.386. The van der Waals surface area contributed by atoms with Crippen LogP contribution in [0.1, 0.15) is 12.8 Å². The molecule has 0 saturated carbocycles. The summed E-state index contributed by atoms with van der Waals surface area (Å²) in [6, 6.07) is 4.71. The summed E-state index contributed by atoms with van der Waals surface area (Å²) in [6.45, 7) is 1.29. The van der Waals surface area contributed by atoms with Crippen LogP contribution in [0.25, 0.3) is 0 Å². The molecule has 1 heterocycles. The Morgan fingerprint density at radius 2 is 2.12 bits per heavy atom. The van der Waals surface area contributed by atoms with Crippen molar-refractivity contribution in [3.8, 4) is 5.75 Å². The van der Waals surface area contributed by atoms with Gasteiger partial charge in [0.05, 0.1) is 18.1 Å². The van der Waals surface area contributed by atoms with Crippen molar-refractivity contribution >= 4 is 21.6 Å². The summed E-state index contributed by atoms with van der Waals surface area (Å²) in [5.41, 5.74) is -0.000285. The summed E-state index contributed by atoms with van der Waals surface area (Å²) in [7, 11) is 0. The molecule has 17 heavy (non-hydrogen) atoms. The van der Waals surface area contributed by atoms with Crippen molar-refractivity contribution in [3.05, 3.63) is 32.8 Å². The summed E-state index contributed by atoms with van der Waals surface area (Å²) in [5, 5.41) is 10.9. The molecule has 0 bridgehead atoms. The Labute approximate surface area is 107 Å². The first-order valence-electron chi connectivity index (χ1n) is 5.35. The molecule has 0 aromatic heterocycles. The number of benzene rings is 1. The summed E-state index contributed by atoms with van der Waals surface area (Å²) < 4.78 is 11.7. The van der Waals surface area contributed by atoms with Gasteiger partial charge in [0.15, 0.2) is 5.75 Å². The Morgan fingerprint density at radius 3 is 2.76 bits per heavy atom. The van der Waals surface area contributed by atoms with E-state index in [-0.39, 0.29) is 11.8 Å². The number of halogens is 1. The molecule has 0 atom stereocenters. The van der Waals surface area contributed by atoms with Gasteiger partial charge in [-0.2, -0.15) is 0 Å². The van der Waals surface area contributed by atoms with Gasteiger partial charge in [-0.25, -0.2) is 0 Å². The van der Waals surface area contributed by atoms with Crippen molar-refractivity contribution < 1.29 is 14.4 Å². The third-order valence-electron chi connectivity index (χ3n) is 2.58. The molecule has 0 amide bonds. The Kier molecular flexibility index (Phi) is 3.96. The van der Waals surface area contributed by atoms with E-state index >= 15 is 0 Å². The zero-order chi connectivity index (χ0) is 12.3. The zero-order valence-corrected chi connectivity index (χ0v) is 10.7. The van der Waals surface area contributed by atoms with Crippen LogP contribution in [0.3, 0.4) is 0 Å². The highest BCUT2D eigenvalue weighted by molar-refractivity contribution is 9.10. The van der Waals surface area contributed by atoms with Crippen molar-refractivity contribution in [3.63, 3.8) is 0 Å². The van der Waals surface area contributed by atoms with Crippen LogP contribution in [-0.2, 0) is 4.74 Å². The monoisotopic (exact) mass is 301 g/mol. The van der Waals surface area contributed by atoms with Crippen molar-refractivity contribution in [2.24, 2.45) is 0 Å². The predicted molar refractivity (Wildman–Crippen MR) is 65.3 cm³/mol. The van der Waals surface area contributed by atoms with Crippen molar-refractivity contribution in [1.82, 2.24) is 0 Å². The quantitative estimate of drug-likeness (QED) is 0.636. The van der Waals surface area contributed by atoms with Crippen LogP contribution in [0.5, 0.6) is 5.75 Å². The minimum atomic E-state index is -0.429. The fraction of sp³-hybridized carbons (Fsp3) is 0.455. The zero-order valence-electron chi connectivity index (χ0n) is 9.10. The van der Waals surface area contributed by atoms with E-state index in [1.165, 1.54) is 6.07 Å². The second kappa shape index (κ2) is 5.46. The van der Waals surface area contributed by atoms with E-state index in [0.717, 1.165) is 17.3 Å². The molecule has 1 aromatic carbocycles. The molecule has 1 aliphatic heterocycles. The number of nitro benzene ring substituents is 1. The van der Waals surface area contributed by atoms with Gasteiger partial charge in [0.25, 0.3) is 0 Å². The van der Waals surface area contributed by atoms with Gasteiger partial charge in [0.2, 0.25) is 0 Å². The molecule has 92 valence electrons. The lowest BCUT2D eigenvalue weighted by atomic mass is 10.1. The molecule has 1 aromatic rings. The minimum Gasteiger partial charge on any atom is -0.483 e. The Hall–Kier alpha value is -1.14. The molecule has 0 radical (unpaired) electrons. The van der Waals surface area contributed by atoms with Gasteiger partial charge in [-0.1, -0.05) is 15.9 Å². The highest BCUT2D eigenvalue weighted by atomic mass is 79.9. The van der Waals surface area contributed by atoms with Gasteiger partial charge in [0.1, 0.15) is 6.10 Å². The summed E-state index contributed by atoms with van der Waals surface area (Å²) in [5.74, 6) is 0.316. The highest BCUT2D eigenvalue weighted by Crippen LogP contribution is 2.32. The molecular weight excluding hydrogens is 290 g/mol. The molecule has 0 unspecified atom stereocenters. The van der Waals surface area contributed by atoms with Crippen LogP contribution in [0.4, 0.5) is 5.69 Å². The standard InChI is InChI=1S/C11H12BrNO4/c12-8-1-2-10(13(14)15)11(7-8)17-9-3-5-16-6-4-9/h1-2,7,9H,3-6H2. The fourth-order valence-electron chi connectivity index (χ4n) is 1.71. The highest BCUT2D eigenvalue weighted by Gasteiger charge is 2.21. The maximum absolute atomic E-state index is 10.9. The van der Waals surface area contributed by atoms with E-state index in [1.807, 2.05) is 0 Å². The van der Waals surface area contributed by atoms with E-state index in [1.54, 1.807) is 12.1 Å². The third-order valence-corrected chi connectivity index (χ3v) is 3.07. The first-order chi connectivity index (χ1) is 8.16. The van der Waals surface area contributed by atoms with Crippen molar-refractivity contribution in [2.45, 2.75) is 18.9 Å². The van der Waals surface area contributed by atoms with Gasteiger partial charge < -0.3 is 9.47 Å². The Morgan fingerprint density at radius 1 is 1.41 bits per heavy atom. The second-order valence-corrected chi connectivity index (χ2v) is 4.71. The molecular formula is C11H12BrNO4. The van der Waals surface area contributed by atoms with Crippen molar-refractivity contribution in [1.29, 1.82) is 0 Å². The van der Waals surface area contributed by atoms with E-state index in [9.17, 15) is 10.1 Å². The number of ether oxygens (including phenoxy) is 2. The van der Waals surface area contributed by atoms with E-state index < -0.39 is 4.92 Å². The van der Waals surface area contributed by atoms with Gasteiger partial charge in [-0.3, -0.25) is 10.1 Å². The molecule has 2 rings (SSSR count). The van der Waals surface area contributed by atoms with E-state index in [0.29, 0.717) is 19.0 Å². The van der Waals surface area contributed by atoms with Crippen LogP contribution in [0.15, 0.2) is 22.7 Å².